The summed E-state index contributed by atoms with van der Waals surface area (Å²) in [6, 6.07) is 28.2. The van der Waals surface area contributed by atoms with Crippen molar-refractivity contribution in [2.24, 2.45) is 0 Å². The molecule has 16 heteroatoms. The van der Waals surface area contributed by atoms with E-state index in [1.54, 1.807) is 73.8 Å². The second-order valence-corrected chi connectivity index (χ2v) is 15.9. The minimum absolute atomic E-state index is 0.0727. The maximum atomic E-state index is 15.1. The molecule has 0 unspecified atom stereocenters. The fourth-order valence-electron chi connectivity index (χ4n) is 8.61. The molecule has 0 heterocycles. The molecule has 0 bridgehead atoms. The van der Waals surface area contributed by atoms with E-state index in [0.717, 1.165) is 31.2 Å². The Balaban J connectivity index is 1.50. The smallest absolute Gasteiger partial charge is 0.430 e. The van der Waals surface area contributed by atoms with Gasteiger partial charge in [-0.3, -0.25) is 14.4 Å². The standard InChI is InChI=1S/C49H38F6N2O8/c1-26(59)34-21-27(13-17-33(34)44(61)62)28-14-20-42(65-25-58)35(22-28)43(60)57-41-19-16-30(24-39(41)47(64,48(50,51)52)49(53,54)55)46(29-15-18-40(56-4)38(23-29)45(2,3)63)36-11-7-5-9-31(36)32-10-6-8-12-37(32)46/h5-25,56,63-64H,1-4H3,(H,57,60)(H,61,62). The lowest BCUT2D eigenvalue weighted by molar-refractivity contribution is -0.376. The van der Waals surface area contributed by atoms with Gasteiger partial charge < -0.3 is 30.7 Å². The van der Waals surface area contributed by atoms with Crippen LogP contribution in [0.25, 0.3) is 22.3 Å². The number of benzene rings is 6. The molecule has 7 rings (SSSR count). The van der Waals surface area contributed by atoms with E-state index in [4.69, 9.17) is 4.74 Å². The number of carboxylic acids is 1. The second kappa shape index (κ2) is 16.4. The van der Waals surface area contributed by atoms with Crippen LogP contribution in [0, 0.1) is 0 Å². The Morgan fingerprint density at radius 1 is 0.646 bits per heavy atom. The van der Waals surface area contributed by atoms with Crippen molar-refractivity contribution in [3.63, 3.8) is 0 Å². The highest BCUT2D eigenvalue weighted by atomic mass is 19.4. The van der Waals surface area contributed by atoms with E-state index >= 15 is 26.3 Å². The van der Waals surface area contributed by atoms with E-state index in [2.05, 4.69) is 10.6 Å². The van der Waals surface area contributed by atoms with Crippen LogP contribution in [0.5, 0.6) is 5.75 Å². The van der Waals surface area contributed by atoms with Crippen LogP contribution in [-0.2, 0) is 21.4 Å². The maximum Gasteiger partial charge on any atom is 0.430 e. The van der Waals surface area contributed by atoms with Crippen LogP contribution in [0.2, 0.25) is 0 Å². The molecule has 0 aliphatic heterocycles. The molecule has 0 spiro atoms. The van der Waals surface area contributed by atoms with Crippen molar-refractivity contribution in [2.45, 2.75) is 49.7 Å². The van der Waals surface area contributed by atoms with Gasteiger partial charge in [-0.25, -0.2) is 4.79 Å². The number of amides is 1. The van der Waals surface area contributed by atoms with Gasteiger partial charge in [0.1, 0.15) is 5.75 Å². The zero-order valence-electron chi connectivity index (χ0n) is 34.8. The van der Waals surface area contributed by atoms with Gasteiger partial charge in [-0.1, -0.05) is 72.8 Å². The zero-order chi connectivity index (χ0) is 47.4. The molecule has 0 radical (unpaired) electrons. The third-order valence-corrected chi connectivity index (χ3v) is 11.6. The van der Waals surface area contributed by atoms with Crippen molar-refractivity contribution >= 4 is 35.5 Å². The van der Waals surface area contributed by atoms with Gasteiger partial charge in [-0.2, -0.15) is 26.3 Å². The number of aromatic carboxylic acids is 1. The number of ketones is 1. The molecule has 6 aromatic rings. The molecule has 0 aromatic heterocycles. The third-order valence-electron chi connectivity index (χ3n) is 11.6. The Kier molecular flexibility index (Phi) is 11.5. The molecule has 1 aliphatic rings. The van der Waals surface area contributed by atoms with Crippen molar-refractivity contribution in [1.82, 2.24) is 0 Å². The summed E-state index contributed by atoms with van der Waals surface area (Å²) < 4.78 is 95.8. The number of rotatable bonds is 12. The van der Waals surface area contributed by atoms with Gasteiger partial charge in [0, 0.05) is 35.1 Å². The molecular formula is C49H38F6N2O8. The van der Waals surface area contributed by atoms with Crippen LogP contribution >= 0.6 is 0 Å². The molecule has 1 aliphatic carbocycles. The molecule has 10 nitrogen and oxygen atoms in total. The van der Waals surface area contributed by atoms with Gasteiger partial charge in [0.25, 0.3) is 18.0 Å². The van der Waals surface area contributed by atoms with Crippen molar-refractivity contribution in [3.8, 4) is 28.0 Å². The van der Waals surface area contributed by atoms with Crippen LogP contribution in [0.3, 0.4) is 0 Å². The SMILES string of the molecule is CNc1ccc(C2(c3ccc(NC(=O)c4cc(-c5ccc(C(=O)O)c(C(C)=O)c5)ccc4OC=O)c(C(O)(C(F)(F)F)C(F)(F)F)c3)c3ccccc3-c3ccccc32)cc1C(C)(C)O. The first-order valence-electron chi connectivity index (χ1n) is 19.7. The molecule has 0 fully saturated rings. The Hall–Kier alpha value is -7.30. The van der Waals surface area contributed by atoms with Gasteiger partial charge >= 0.3 is 18.3 Å². The highest BCUT2D eigenvalue weighted by molar-refractivity contribution is 6.08. The lowest BCUT2D eigenvalue weighted by atomic mass is 9.66. The lowest BCUT2D eigenvalue weighted by Gasteiger charge is -2.38. The highest BCUT2D eigenvalue weighted by Crippen LogP contribution is 2.59. The van der Waals surface area contributed by atoms with E-state index in [0.29, 0.717) is 45.1 Å². The normalized spacial score (nSPS) is 13.4. The molecule has 0 saturated carbocycles. The van der Waals surface area contributed by atoms with Crippen LogP contribution in [0.15, 0.2) is 121 Å². The predicted molar refractivity (Wildman–Crippen MR) is 228 cm³/mol. The number of aliphatic hydroxyl groups is 2. The summed E-state index contributed by atoms with van der Waals surface area (Å²) in [6.45, 7) is 4.07. The lowest BCUT2D eigenvalue weighted by Crippen LogP contribution is -2.54. The molecule has 65 heavy (non-hydrogen) atoms. The number of halogens is 6. The molecule has 6 aromatic carbocycles. The molecular weight excluding hydrogens is 859 g/mol. The molecule has 0 saturated heterocycles. The quantitative estimate of drug-likeness (QED) is 0.0457. The average molecular weight is 897 g/mol. The number of hydrogen-bond acceptors (Lipinski definition) is 8. The number of carbonyl (C=O) groups excluding carboxylic acids is 3. The summed E-state index contributed by atoms with van der Waals surface area (Å²) in [6.07, 6.45) is -12.9. The number of ether oxygens (including phenoxy) is 1. The fraction of sp³-hybridized carbons (Fsp3) is 0.184. The summed E-state index contributed by atoms with van der Waals surface area (Å²) in [7, 11) is 1.61. The van der Waals surface area contributed by atoms with Gasteiger partial charge in [-0.05, 0) is 114 Å². The maximum absolute atomic E-state index is 15.1. The minimum atomic E-state index is -6.44. The Bertz CT molecular complexity index is 2860. The number of carboxylic acid groups (broad SMARTS) is 1. The monoisotopic (exact) mass is 896 g/mol. The number of carbonyl (C=O) groups is 4. The third kappa shape index (κ3) is 7.57. The van der Waals surface area contributed by atoms with Gasteiger partial charge in [0.05, 0.1) is 22.1 Å². The summed E-state index contributed by atoms with van der Waals surface area (Å²) in [5.41, 5.74) is -9.56. The van der Waals surface area contributed by atoms with E-state index in [1.165, 1.54) is 38.1 Å². The van der Waals surface area contributed by atoms with Gasteiger partial charge in [0.15, 0.2) is 5.78 Å². The predicted octanol–water partition coefficient (Wildman–Crippen LogP) is 9.99. The molecule has 334 valence electrons. The first-order valence-corrected chi connectivity index (χ1v) is 19.7. The van der Waals surface area contributed by atoms with Crippen LogP contribution in [0.4, 0.5) is 37.7 Å². The van der Waals surface area contributed by atoms with E-state index in [-0.39, 0.29) is 34.3 Å². The fourth-order valence-corrected chi connectivity index (χ4v) is 8.61. The van der Waals surface area contributed by atoms with E-state index in [9.17, 15) is 34.5 Å². The molecule has 0 atom stereocenters. The number of nitrogens with one attached hydrogen (secondary N) is 2. The number of fused-ring (bicyclic) bond motifs is 3. The van der Waals surface area contributed by atoms with Gasteiger partial charge in [-0.15, -0.1) is 0 Å². The highest BCUT2D eigenvalue weighted by Gasteiger charge is 2.72. The van der Waals surface area contributed by atoms with Crippen molar-refractivity contribution in [1.29, 1.82) is 0 Å². The Morgan fingerprint density at radius 3 is 1.65 bits per heavy atom. The summed E-state index contributed by atoms with van der Waals surface area (Å²) in [4.78, 5) is 49.9. The number of anilines is 2. The second-order valence-electron chi connectivity index (χ2n) is 15.9. The number of hydrogen-bond donors (Lipinski definition) is 5. The summed E-state index contributed by atoms with van der Waals surface area (Å²) in [5, 5.41) is 37.2. The largest absolute Gasteiger partial charge is 0.478 e. The van der Waals surface area contributed by atoms with E-state index in [1.807, 2.05) is 0 Å². The Labute approximate surface area is 367 Å². The van der Waals surface area contributed by atoms with Crippen LogP contribution < -0.4 is 15.4 Å². The van der Waals surface area contributed by atoms with Crippen molar-refractivity contribution in [2.75, 3.05) is 17.7 Å². The van der Waals surface area contributed by atoms with Crippen molar-refractivity contribution in [3.05, 3.63) is 171 Å². The molecule has 1 amide bonds. The topological polar surface area (TPSA) is 162 Å². The first kappa shape index (κ1) is 45.7. The minimum Gasteiger partial charge on any atom is -0.478 e. The average Bonchev–Trinajstić information content (AvgIpc) is 3.56. The molecule has 5 N–H and O–H groups in total. The summed E-state index contributed by atoms with van der Waals surface area (Å²) in [5.74, 6) is -3.91. The zero-order valence-corrected chi connectivity index (χ0v) is 34.8. The van der Waals surface area contributed by atoms with Crippen molar-refractivity contribution < 1.29 is 65.6 Å². The first-order chi connectivity index (χ1) is 30.5. The summed E-state index contributed by atoms with van der Waals surface area (Å²) >= 11 is 0. The van der Waals surface area contributed by atoms with E-state index < -0.39 is 69.2 Å². The van der Waals surface area contributed by atoms with Gasteiger partial charge in [0.2, 0.25) is 0 Å². The number of alkyl halides is 6. The number of Topliss-reactive ketones (excluding diaryl/α,β-unsaturated/α-hetero) is 1. The van der Waals surface area contributed by atoms with Crippen LogP contribution in [-0.4, -0.2) is 58.9 Å². The Morgan fingerprint density at radius 2 is 1.15 bits per heavy atom. The van der Waals surface area contributed by atoms with Crippen LogP contribution in [0.1, 0.15) is 85.2 Å².